The lowest BCUT2D eigenvalue weighted by atomic mass is 10.0. The molecule has 6 aromatic heterocycles. The Hall–Kier alpha value is -7.26. The molecule has 0 amide bonds. The molecule has 33 rings (SSSR count). The van der Waals surface area contributed by atoms with Crippen molar-refractivity contribution in [1.82, 2.24) is 0 Å². The van der Waals surface area contributed by atoms with Crippen LogP contribution in [-0.4, -0.2) is 0 Å². The first-order chi connectivity index (χ1) is 36.5. The average molecular weight is 1050 g/mol. The molecule has 352 valence electrons. The highest BCUT2D eigenvalue weighted by Gasteiger charge is 2.26. The first kappa shape index (κ1) is 45.4. The van der Waals surface area contributed by atoms with Gasteiger partial charge in [0.15, 0.2) is 0 Å². The van der Waals surface area contributed by atoms with Crippen LogP contribution in [0.15, 0.2) is 218 Å². The van der Waals surface area contributed by atoms with Gasteiger partial charge in [-0.25, -0.2) is 0 Å². The highest BCUT2D eigenvalue weighted by atomic mass is 32.1. The Morgan fingerprint density at radius 2 is 0.311 bits per heavy atom. The van der Waals surface area contributed by atoms with Gasteiger partial charge in [0.25, 0.3) is 0 Å². The monoisotopic (exact) mass is 1050 g/mol. The minimum absolute atomic E-state index is 0.121. The van der Waals surface area contributed by atoms with E-state index in [1.165, 1.54) is 125 Å². The van der Waals surface area contributed by atoms with Gasteiger partial charge in [0, 0.05) is 58.5 Å². The van der Waals surface area contributed by atoms with Gasteiger partial charge in [-0.1, -0.05) is 182 Å². The third kappa shape index (κ3) is 9.13. The van der Waals surface area contributed by atoms with Gasteiger partial charge in [0.2, 0.25) is 0 Å². The molecule has 0 saturated heterocycles. The molecule has 0 saturated carbocycles. The average Bonchev–Trinajstić information content (AvgIpc) is 4.33. The standard InChI is InChI=1S/C68H44S6/c1-2-44-9-21-50(22-10-44)56-32-38-62(70-56)68-65-41-35-59(73-65)53-27-15-47(16-28-53)5-3-45-11-23-51(24-12-45)57-33-39-63(71-57)67(61-37-31-55(69-61)49-19-7-43(1)8-20-49)64-40-34-58(72-64)52-25-13-46(14-26-52)4-6-48-17-29-54(30-18-48)60-36-42-66(68)74-60/h1-42,67-68H/b2-1-,5-3?,6-4?. The quantitative estimate of drug-likeness (QED) is 0.142. The summed E-state index contributed by atoms with van der Waals surface area (Å²) >= 11 is 11.5. The molecule has 6 heteroatoms. The van der Waals surface area contributed by atoms with Gasteiger partial charge < -0.3 is 0 Å². The smallest absolute Gasteiger partial charge is 0.0622 e. The Balaban J connectivity index is 0.916. The van der Waals surface area contributed by atoms with Crippen molar-refractivity contribution in [1.29, 1.82) is 0 Å². The maximum absolute atomic E-state index is 2.36. The molecule has 0 spiro atoms. The molecule has 0 radical (unpaired) electrons. The van der Waals surface area contributed by atoms with Crippen LogP contribution in [0.25, 0.3) is 99.1 Å². The highest BCUT2D eigenvalue weighted by molar-refractivity contribution is 7.19. The first-order valence-electron chi connectivity index (χ1n) is 24.8. The zero-order valence-electron chi connectivity index (χ0n) is 39.9. The summed E-state index contributed by atoms with van der Waals surface area (Å²) in [5.41, 5.74) is 14.5. The molecule has 21 aliphatic heterocycles. The number of benzene rings is 6. The summed E-state index contributed by atoms with van der Waals surface area (Å²) in [6.07, 6.45) is 13.4. The summed E-state index contributed by atoms with van der Waals surface area (Å²) < 4.78 is 0. The Bertz CT molecular complexity index is 3340. The second kappa shape index (κ2) is 19.5. The molecule has 26 bridgehead atoms. The van der Waals surface area contributed by atoms with E-state index in [4.69, 9.17) is 0 Å². The van der Waals surface area contributed by atoms with Gasteiger partial charge in [-0.2, -0.15) is 0 Å². The van der Waals surface area contributed by atoms with E-state index in [0.29, 0.717) is 0 Å². The minimum Gasteiger partial charge on any atom is -0.139 e. The molecule has 0 aliphatic carbocycles. The maximum Gasteiger partial charge on any atom is 0.0622 e. The van der Waals surface area contributed by atoms with Gasteiger partial charge in [-0.3, -0.25) is 0 Å². The van der Waals surface area contributed by atoms with Crippen LogP contribution in [0.3, 0.4) is 0 Å². The fourth-order valence-corrected chi connectivity index (χ4v) is 17.3. The van der Waals surface area contributed by atoms with Crippen molar-refractivity contribution in [2.75, 3.05) is 0 Å². The van der Waals surface area contributed by atoms with E-state index in [1.54, 1.807) is 0 Å². The van der Waals surface area contributed by atoms with E-state index < -0.39 is 0 Å². The Morgan fingerprint density at radius 3 is 0.459 bits per heavy atom. The number of thiophene rings is 6. The van der Waals surface area contributed by atoms with Crippen LogP contribution in [0.1, 0.15) is 74.5 Å². The van der Waals surface area contributed by atoms with Crippen molar-refractivity contribution < 1.29 is 0 Å². The summed E-state index contributed by atoms with van der Waals surface area (Å²) in [5, 5.41) is 0. The van der Waals surface area contributed by atoms with Crippen molar-refractivity contribution in [2.45, 2.75) is 11.8 Å². The van der Waals surface area contributed by atoms with E-state index in [9.17, 15) is 0 Å². The minimum atomic E-state index is 0.121. The fraction of sp³-hybridized carbons (Fsp3) is 0.0294. The summed E-state index contributed by atoms with van der Waals surface area (Å²) in [6.45, 7) is 0. The van der Waals surface area contributed by atoms with Crippen LogP contribution in [0.5, 0.6) is 0 Å². The zero-order valence-corrected chi connectivity index (χ0v) is 44.8. The molecule has 0 N–H and O–H groups in total. The molecule has 27 heterocycles. The van der Waals surface area contributed by atoms with Crippen molar-refractivity contribution in [3.8, 4) is 62.6 Å². The predicted octanol–water partition coefficient (Wildman–Crippen LogP) is 21.6. The van der Waals surface area contributed by atoms with Crippen LogP contribution in [0, 0.1) is 0 Å². The lowest BCUT2D eigenvalue weighted by Gasteiger charge is -2.12. The lowest BCUT2D eigenvalue weighted by molar-refractivity contribution is 1.07. The number of rotatable bonds is 0. The van der Waals surface area contributed by atoms with Gasteiger partial charge in [0.05, 0.1) is 11.8 Å². The predicted molar refractivity (Wildman–Crippen MR) is 327 cm³/mol. The number of hydrogen-bond donors (Lipinski definition) is 0. The Labute approximate surface area is 456 Å². The Morgan fingerprint density at radius 1 is 0.162 bits per heavy atom. The SMILES string of the molecule is C1=Cc2ccc(cc2)-c2ccc(s2)C2c3ccc(s3)-c3ccc(cc3)C=Cc3ccc(cc3)-c3ccc(s3)C(c3ccc(s3)-c3ccc1cc3)c1ccc(s1)-c1ccc(cc1)/C=C\c1ccc(cc1)-c1ccc2s1. The van der Waals surface area contributed by atoms with Crippen LogP contribution in [0.4, 0.5) is 0 Å². The van der Waals surface area contributed by atoms with E-state index in [1.807, 2.05) is 68.0 Å². The van der Waals surface area contributed by atoms with Crippen LogP contribution in [-0.2, 0) is 0 Å². The molecule has 6 aromatic carbocycles. The summed E-state index contributed by atoms with van der Waals surface area (Å²) in [7, 11) is 0. The normalized spacial score (nSPS) is 15.0. The third-order valence-corrected chi connectivity index (χ3v) is 21.2. The van der Waals surface area contributed by atoms with Crippen molar-refractivity contribution >= 4 is 104 Å². The van der Waals surface area contributed by atoms with Crippen molar-refractivity contribution in [2.24, 2.45) is 0 Å². The molecular formula is C68H44S6. The zero-order chi connectivity index (χ0) is 49.0. The maximum atomic E-state index is 2.36. The molecular weight excluding hydrogens is 1010 g/mol. The van der Waals surface area contributed by atoms with E-state index in [2.05, 4.69) is 255 Å². The van der Waals surface area contributed by atoms with E-state index in [-0.39, 0.29) is 11.8 Å². The number of hydrogen-bond acceptors (Lipinski definition) is 6. The Kier molecular flexibility index (Phi) is 12.0. The van der Waals surface area contributed by atoms with Gasteiger partial charge >= 0.3 is 0 Å². The summed E-state index contributed by atoms with van der Waals surface area (Å²) in [4.78, 5) is 15.8. The van der Waals surface area contributed by atoms with Crippen molar-refractivity contribution in [3.05, 3.63) is 281 Å². The molecule has 0 nitrogen and oxygen atoms in total. The topological polar surface area (TPSA) is 0 Å². The van der Waals surface area contributed by atoms with Gasteiger partial charge in [-0.05, 0) is 140 Å². The molecule has 0 fully saturated rings. The second-order valence-corrected chi connectivity index (χ2v) is 25.5. The molecule has 0 unspecified atom stereocenters. The molecule has 21 aliphatic rings. The molecule has 74 heavy (non-hydrogen) atoms. The lowest BCUT2D eigenvalue weighted by Crippen LogP contribution is -1.95. The largest absolute Gasteiger partial charge is 0.139 e. The molecule has 0 atom stereocenters. The van der Waals surface area contributed by atoms with Crippen LogP contribution >= 0.6 is 68.0 Å². The van der Waals surface area contributed by atoms with Crippen molar-refractivity contribution in [3.63, 3.8) is 0 Å². The fourth-order valence-electron chi connectivity index (χ4n) is 9.95. The summed E-state index contributed by atoms with van der Waals surface area (Å²) in [6, 6.07) is 82.3. The van der Waals surface area contributed by atoms with Gasteiger partial charge in [0.1, 0.15) is 0 Å². The second-order valence-electron chi connectivity index (χ2n) is 18.8. The summed E-state index contributed by atoms with van der Waals surface area (Å²) in [5.74, 6) is 0.241. The van der Waals surface area contributed by atoms with Crippen LogP contribution < -0.4 is 0 Å². The van der Waals surface area contributed by atoms with Crippen LogP contribution in [0.2, 0.25) is 0 Å². The van der Waals surface area contributed by atoms with Gasteiger partial charge in [-0.15, -0.1) is 68.0 Å². The van der Waals surface area contributed by atoms with E-state index >= 15 is 0 Å². The third-order valence-electron chi connectivity index (χ3n) is 14.0. The van der Waals surface area contributed by atoms with E-state index in [0.717, 1.165) is 0 Å². The first-order valence-corrected chi connectivity index (χ1v) is 29.7. The highest BCUT2D eigenvalue weighted by Crippen LogP contribution is 2.48. The molecule has 12 aromatic rings.